The third-order valence-corrected chi connectivity index (χ3v) is 8.23. The maximum absolute atomic E-state index is 13.2. The van der Waals surface area contributed by atoms with Crippen LogP contribution >= 0.6 is 46.4 Å². The minimum Gasteiger partial charge on any atom is -0.463 e. The molecule has 0 aromatic heterocycles. The number of carbonyl (C=O) groups is 6. The molecule has 57 heavy (non-hydrogen) atoms. The van der Waals surface area contributed by atoms with Crippen LogP contribution in [0.1, 0.15) is 33.3 Å². The van der Waals surface area contributed by atoms with Crippen molar-refractivity contribution in [2.24, 2.45) is 0 Å². The Hall–Kier alpha value is -3.46. The summed E-state index contributed by atoms with van der Waals surface area (Å²) < 4.78 is 61.2. The second kappa shape index (κ2) is 23.2. The van der Waals surface area contributed by atoms with E-state index in [0.29, 0.717) is 0 Å². The van der Waals surface area contributed by atoms with Gasteiger partial charge in [-0.05, 0) is 5.56 Å². The molecule has 1 aromatic carbocycles. The van der Waals surface area contributed by atoms with Crippen LogP contribution in [0.2, 0.25) is 0 Å². The number of hydrogen-bond acceptors (Lipinski definition) is 17. The molecule has 318 valence electrons. The summed E-state index contributed by atoms with van der Waals surface area (Å²) >= 11 is 23.1. The van der Waals surface area contributed by atoms with E-state index >= 15 is 0 Å². The van der Waals surface area contributed by atoms with Crippen LogP contribution in [0.4, 0.5) is 4.79 Å². The Kier molecular flexibility index (Phi) is 19.5. The molecule has 0 radical (unpaired) electrons. The van der Waals surface area contributed by atoms with Crippen LogP contribution in [0.3, 0.4) is 0 Å². The first kappa shape index (κ1) is 47.9. The van der Waals surface area contributed by atoms with Crippen molar-refractivity contribution in [3.63, 3.8) is 0 Å². The zero-order chi connectivity index (χ0) is 42.3. The summed E-state index contributed by atoms with van der Waals surface area (Å²) in [6.07, 6.45) is -14.2. The lowest BCUT2D eigenvalue weighted by Crippen LogP contribution is -2.69. The highest BCUT2D eigenvalue weighted by Crippen LogP contribution is 2.35. The van der Waals surface area contributed by atoms with Gasteiger partial charge in [-0.25, -0.2) is 4.79 Å². The first-order valence-electron chi connectivity index (χ1n) is 17.1. The van der Waals surface area contributed by atoms with Gasteiger partial charge in [0.05, 0.1) is 19.8 Å². The molecule has 18 nitrogen and oxygen atoms in total. The summed E-state index contributed by atoms with van der Waals surface area (Å²) in [5.41, 5.74) is 0.767. The maximum atomic E-state index is 13.2. The average molecular weight is 892 g/mol. The standard InChI is InChI=1S/C35H43Cl4NO17/c1-6-12-48-32-26(40-18(2)41)29(57-34(46)50-17-35(37,38)39)27(23(53-32)15-47-14-22-10-8-7-9-11-22)56-33-31(52-21(5)44)30(55-25(45)13-36)28(51-20(4)43)24(54-33)16-49-19(3)42/h6-11,23-24,26-33H,1,12-17H2,2-5H3,(H,40,41)/t23-,24-,26-,27-,28+,29-,30+,31-,32-,33+/m1/s1. The molecule has 3 rings (SSSR count). The number of benzene rings is 1. The molecule has 0 spiro atoms. The summed E-state index contributed by atoms with van der Waals surface area (Å²) in [7, 11) is 0. The molecule has 2 fully saturated rings. The van der Waals surface area contributed by atoms with E-state index in [2.05, 4.69) is 11.9 Å². The molecule has 0 saturated carbocycles. The summed E-state index contributed by atoms with van der Waals surface area (Å²) in [6, 6.07) is 7.62. The topological polar surface area (TPSA) is 216 Å². The van der Waals surface area contributed by atoms with Gasteiger partial charge in [-0.2, -0.15) is 0 Å². The normalized spacial score (nSPS) is 27.2. The molecule has 10 atom stereocenters. The Bertz CT molecular complexity index is 1530. The fourth-order valence-electron chi connectivity index (χ4n) is 5.63. The molecular formula is C35H43Cl4NO17. The predicted octanol–water partition coefficient (Wildman–Crippen LogP) is 3.21. The summed E-state index contributed by atoms with van der Waals surface area (Å²) in [5.74, 6) is -4.96. The van der Waals surface area contributed by atoms with Gasteiger partial charge in [-0.3, -0.25) is 24.0 Å². The minimum absolute atomic E-state index is 0.0541. The molecule has 0 aliphatic carbocycles. The third kappa shape index (κ3) is 16.0. The number of rotatable bonds is 18. The lowest BCUT2D eigenvalue weighted by atomic mass is 9.94. The van der Waals surface area contributed by atoms with Gasteiger partial charge < -0.3 is 57.4 Å². The Balaban J connectivity index is 2.20. The van der Waals surface area contributed by atoms with Gasteiger partial charge in [-0.15, -0.1) is 18.2 Å². The van der Waals surface area contributed by atoms with Gasteiger partial charge >= 0.3 is 30.0 Å². The first-order chi connectivity index (χ1) is 26.9. The van der Waals surface area contributed by atoms with Crippen molar-refractivity contribution in [2.75, 3.05) is 32.3 Å². The quantitative estimate of drug-likeness (QED) is 0.0969. The summed E-state index contributed by atoms with van der Waals surface area (Å²) in [4.78, 5) is 75.3. The van der Waals surface area contributed by atoms with Gasteiger partial charge in [0, 0.05) is 27.7 Å². The molecular weight excluding hydrogens is 848 g/mol. The minimum atomic E-state index is -2.05. The van der Waals surface area contributed by atoms with Crippen LogP contribution in [0.15, 0.2) is 43.0 Å². The van der Waals surface area contributed by atoms with E-state index in [4.69, 9.17) is 98.5 Å². The Morgan fingerprint density at radius 2 is 1.40 bits per heavy atom. The number of halogens is 4. The van der Waals surface area contributed by atoms with Crippen LogP contribution in [0, 0.1) is 0 Å². The monoisotopic (exact) mass is 889 g/mol. The first-order valence-corrected chi connectivity index (χ1v) is 18.8. The van der Waals surface area contributed by atoms with Crippen molar-refractivity contribution >= 4 is 82.3 Å². The van der Waals surface area contributed by atoms with Gasteiger partial charge in [0.15, 0.2) is 37.0 Å². The Morgan fingerprint density at radius 3 is 1.98 bits per heavy atom. The number of amides is 1. The highest BCUT2D eigenvalue weighted by Gasteiger charge is 2.57. The highest BCUT2D eigenvalue weighted by molar-refractivity contribution is 6.67. The van der Waals surface area contributed by atoms with Gasteiger partial charge in [0.2, 0.25) is 9.70 Å². The van der Waals surface area contributed by atoms with Crippen molar-refractivity contribution in [3.8, 4) is 0 Å². The van der Waals surface area contributed by atoms with Crippen LogP contribution < -0.4 is 5.32 Å². The van der Waals surface area contributed by atoms with Crippen molar-refractivity contribution in [2.45, 2.75) is 99.4 Å². The summed E-state index contributed by atoms with van der Waals surface area (Å²) in [5, 5.41) is 2.61. The number of nitrogens with one attached hydrogen (secondary N) is 1. The van der Waals surface area contributed by atoms with E-state index < -0.39 is 120 Å². The number of ether oxygens (including phenoxy) is 11. The SMILES string of the molecule is C=CCO[C@@H]1O[C@H](COCc2ccccc2)[C@@H](O[C@@H]2O[C@H](COC(C)=O)[C@H](OC(C)=O)[C@H](OC(=O)CCl)[C@H]2OC(C)=O)[C@H](OC(=O)OCC(Cl)(Cl)Cl)[C@H]1NC(C)=O. The van der Waals surface area contributed by atoms with E-state index in [0.717, 1.165) is 26.3 Å². The van der Waals surface area contributed by atoms with Gasteiger partial charge in [-0.1, -0.05) is 71.2 Å². The lowest BCUT2D eigenvalue weighted by Gasteiger charge is -2.49. The Labute approximate surface area is 347 Å². The van der Waals surface area contributed by atoms with Crippen molar-refractivity contribution < 1.29 is 80.9 Å². The van der Waals surface area contributed by atoms with Crippen LogP contribution in [0.25, 0.3) is 0 Å². The zero-order valence-electron chi connectivity index (χ0n) is 31.1. The molecule has 2 heterocycles. The second-order valence-electron chi connectivity index (χ2n) is 12.3. The fraction of sp³-hybridized carbons (Fsp3) is 0.600. The van der Waals surface area contributed by atoms with Crippen LogP contribution in [0.5, 0.6) is 0 Å². The van der Waals surface area contributed by atoms with Crippen molar-refractivity contribution in [1.29, 1.82) is 0 Å². The molecule has 2 aliphatic heterocycles. The van der Waals surface area contributed by atoms with Crippen molar-refractivity contribution in [3.05, 3.63) is 48.6 Å². The molecule has 1 N–H and O–H groups in total. The molecule has 2 aliphatic rings. The summed E-state index contributed by atoms with van der Waals surface area (Å²) in [6.45, 7) is 6.23. The Morgan fingerprint density at radius 1 is 0.772 bits per heavy atom. The molecule has 0 unspecified atom stereocenters. The lowest BCUT2D eigenvalue weighted by molar-refractivity contribution is -0.350. The fourth-order valence-corrected chi connectivity index (χ4v) is 5.86. The van der Waals surface area contributed by atoms with E-state index in [-0.39, 0.29) is 19.8 Å². The molecule has 2 saturated heterocycles. The maximum Gasteiger partial charge on any atom is 0.508 e. The van der Waals surface area contributed by atoms with E-state index in [1.54, 1.807) is 24.3 Å². The number of carbonyl (C=O) groups excluding carboxylic acids is 6. The smallest absolute Gasteiger partial charge is 0.463 e. The van der Waals surface area contributed by atoms with Crippen LogP contribution in [-0.4, -0.2) is 133 Å². The molecule has 1 amide bonds. The van der Waals surface area contributed by atoms with E-state index in [1.807, 2.05) is 6.07 Å². The zero-order valence-corrected chi connectivity index (χ0v) is 34.2. The number of alkyl halides is 4. The second-order valence-corrected chi connectivity index (χ2v) is 15.1. The third-order valence-electron chi connectivity index (χ3n) is 7.69. The average Bonchev–Trinajstić information content (AvgIpc) is 3.13. The highest BCUT2D eigenvalue weighted by atomic mass is 35.6. The predicted molar refractivity (Wildman–Crippen MR) is 197 cm³/mol. The van der Waals surface area contributed by atoms with E-state index in [1.165, 1.54) is 13.0 Å². The van der Waals surface area contributed by atoms with Gasteiger partial charge in [0.25, 0.3) is 0 Å². The van der Waals surface area contributed by atoms with E-state index in [9.17, 15) is 28.8 Å². The molecule has 0 bridgehead atoms. The largest absolute Gasteiger partial charge is 0.508 e. The number of hydrogen-bond donors (Lipinski definition) is 1. The van der Waals surface area contributed by atoms with Gasteiger partial charge in [0.1, 0.15) is 43.4 Å². The number of esters is 4. The molecule has 22 heteroatoms. The molecule has 1 aromatic rings. The van der Waals surface area contributed by atoms with Crippen LogP contribution in [-0.2, 0) is 82.7 Å². The van der Waals surface area contributed by atoms with Crippen molar-refractivity contribution in [1.82, 2.24) is 5.32 Å².